The van der Waals surface area contributed by atoms with E-state index in [9.17, 15) is 0 Å². The number of aromatic nitrogens is 5. The molecule has 1 aliphatic rings. The Morgan fingerprint density at radius 3 is 1.59 bits per heavy atom. The first-order valence-electron chi connectivity index (χ1n) is 18.7. The van der Waals surface area contributed by atoms with Crippen LogP contribution in [0.3, 0.4) is 0 Å². The van der Waals surface area contributed by atoms with Gasteiger partial charge in [0.05, 0.1) is 22.4 Å². The first kappa shape index (κ1) is 31.8. The highest BCUT2D eigenvalue weighted by Crippen LogP contribution is 2.49. The van der Waals surface area contributed by atoms with Crippen molar-refractivity contribution in [1.29, 1.82) is 0 Å². The third-order valence-electron chi connectivity index (χ3n) is 10.6. The Balaban J connectivity index is 0.996. The first-order valence-corrected chi connectivity index (χ1v) is 18.7. The molecule has 0 saturated heterocycles. The number of para-hydroxylation sites is 3. The summed E-state index contributed by atoms with van der Waals surface area (Å²) in [7, 11) is 0. The van der Waals surface area contributed by atoms with Crippen molar-refractivity contribution in [3.05, 3.63) is 194 Å². The Bertz CT molecular complexity index is 3010. The van der Waals surface area contributed by atoms with Crippen molar-refractivity contribution in [2.75, 3.05) is 4.90 Å². The summed E-state index contributed by atoms with van der Waals surface area (Å²) in [4.78, 5) is 22.3. The quantitative estimate of drug-likeness (QED) is 0.177. The molecule has 262 valence electrons. The molecule has 11 rings (SSSR count). The van der Waals surface area contributed by atoms with Gasteiger partial charge >= 0.3 is 0 Å². The van der Waals surface area contributed by atoms with Gasteiger partial charge in [0.2, 0.25) is 5.95 Å². The maximum Gasteiger partial charge on any atom is 0.220 e. The zero-order chi connectivity index (χ0) is 37.0. The average Bonchev–Trinajstić information content (AvgIpc) is 3.60. The van der Waals surface area contributed by atoms with Crippen LogP contribution in [-0.4, -0.2) is 24.5 Å². The number of rotatable bonds is 5. The van der Waals surface area contributed by atoms with E-state index in [1.54, 1.807) is 0 Å². The average molecular weight is 717 g/mol. The summed E-state index contributed by atoms with van der Waals surface area (Å²) in [6.07, 6.45) is 0. The molecule has 0 amide bonds. The van der Waals surface area contributed by atoms with E-state index < -0.39 is 0 Å². The van der Waals surface area contributed by atoms with Crippen molar-refractivity contribution >= 4 is 39.1 Å². The van der Waals surface area contributed by atoms with E-state index in [0.717, 1.165) is 67.4 Å². The molecule has 56 heavy (non-hydrogen) atoms. The molecular formula is C50H32N6. The minimum absolute atomic E-state index is 0.635. The molecule has 3 heterocycles. The molecule has 0 unspecified atom stereocenters. The molecular weight excluding hydrogens is 685 g/mol. The van der Waals surface area contributed by atoms with Crippen molar-refractivity contribution < 1.29 is 0 Å². The third-order valence-corrected chi connectivity index (χ3v) is 10.6. The van der Waals surface area contributed by atoms with E-state index in [0.29, 0.717) is 17.5 Å². The number of fused-ring (bicyclic) bond motifs is 9. The van der Waals surface area contributed by atoms with Crippen LogP contribution in [0.1, 0.15) is 0 Å². The van der Waals surface area contributed by atoms with Crippen molar-refractivity contribution in [3.8, 4) is 62.1 Å². The molecule has 0 atom stereocenters. The summed E-state index contributed by atoms with van der Waals surface area (Å²) < 4.78 is 2.34. The van der Waals surface area contributed by atoms with E-state index in [-0.39, 0.29) is 0 Å². The fraction of sp³-hybridized carbons (Fsp3) is 0. The highest BCUT2D eigenvalue weighted by atomic mass is 15.3. The molecule has 0 radical (unpaired) electrons. The number of hydrogen-bond acceptors (Lipinski definition) is 5. The van der Waals surface area contributed by atoms with E-state index in [1.807, 2.05) is 60.7 Å². The van der Waals surface area contributed by atoms with Crippen molar-refractivity contribution in [2.45, 2.75) is 0 Å². The lowest BCUT2D eigenvalue weighted by atomic mass is 9.96. The summed E-state index contributed by atoms with van der Waals surface area (Å²) in [6.45, 7) is 0. The predicted molar refractivity (Wildman–Crippen MR) is 227 cm³/mol. The fourth-order valence-electron chi connectivity index (χ4n) is 7.91. The van der Waals surface area contributed by atoms with Crippen LogP contribution < -0.4 is 4.90 Å². The van der Waals surface area contributed by atoms with Crippen LogP contribution >= 0.6 is 0 Å². The zero-order valence-electron chi connectivity index (χ0n) is 30.2. The molecule has 2 aromatic heterocycles. The van der Waals surface area contributed by atoms with Crippen LogP contribution in [0.25, 0.3) is 83.9 Å². The SMILES string of the molecule is c1ccc(-c2nc(-c3ccccc3)nc(-c3ccc(-c4ccc(N5c6ccccc6-c6ccc7ccccc7c6-n6c5nc5ccccc56)cc4)cc3)n2)cc1. The topological polar surface area (TPSA) is 59.7 Å². The largest absolute Gasteiger partial charge is 0.280 e. The van der Waals surface area contributed by atoms with Gasteiger partial charge in [-0.2, -0.15) is 0 Å². The van der Waals surface area contributed by atoms with Gasteiger partial charge in [0.25, 0.3) is 0 Å². The van der Waals surface area contributed by atoms with Crippen molar-refractivity contribution in [2.24, 2.45) is 0 Å². The second-order valence-electron chi connectivity index (χ2n) is 13.9. The van der Waals surface area contributed by atoms with Crippen LogP contribution in [-0.2, 0) is 0 Å². The van der Waals surface area contributed by atoms with Crippen LogP contribution in [0.5, 0.6) is 0 Å². The maximum absolute atomic E-state index is 5.32. The molecule has 6 heteroatoms. The third kappa shape index (κ3) is 5.27. The maximum atomic E-state index is 5.32. The second-order valence-corrected chi connectivity index (χ2v) is 13.9. The standard InChI is InChI=1S/C50H32N6/c1-3-14-36(15-4-1)47-52-48(37-16-5-2-6-17-37)54-49(53-47)38-25-23-33(24-26-38)34-27-30-39(31-28-34)55-44-21-11-9-19-41(44)42-32-29-35-13-7-8-18-40(35)46(42)56-45-22-12-10-20-43(45)51-50(55)56/h1-32H. The summed E-state index contributed by atoms with van der Waals surface area (Å²) in [5.41, 5.74) is 12.6. The van der Waals surface area contributed by atoms with E-state index in [1.165, 1.54) is 16.3 Å². The fourth-order valence-corrected chi connectivity index (χ4v) is 7.91. The number of hydrogen-bond donors (Lipinski definition) is 0. The summed E-state index contributed by atoms with van der Waals surface area (Å²) in [6, 6.07) is 67.5. The molecule has 0 saturated carbocycles. The molecule has 10 aromatic rings. The van der Waals surface area contributed by atoms with Crippen LogP contribution in [0.15, 0.2) is 194 Å². The molecule has 0 bridgehead atoms. The van der Waals surface area contributed by atoms with Crippen LogP contribution in [0.2, 0.25) is 0 Å². The van der Waals surface area contributed by atoms with Gasteiger partial charge in [-0.25, -0.2) is 19.9 Å². The van der Waals surface area contributed by atoms with E-state index >= 15 is 0 Å². The molecule has 0 fully saturated rings. The van der Waals surface area contributed by atoms with Crippen molar-refractivity contribution in [1.82, 2.24) is 24.5 Å². The highest BCUT2D eigenvalue weighted by Gasteiger charge is 2.30. The smallest absolute Gasteiger partial charge is 0.220 e. The minimum atomic E-state index is 0.635. The number of imidazole rings is 1. The Kier molecular flexibility index (Phi) is 7.38. The summed E-state index contributed by atoms with van der Waals surface area (Å²) >= 11 is 0. The molecule has 1 aliphatic heterocycles. The van der Waals surface area contributed by atoms with E-state index in [4.69, 9.17) is 19.9 Å². The molecule has 6 nitrogen and oxygen atoms in total. The first-order chi connectivity index (χ1) is 27.8. The monoisotopic (exact) mass is 716 g/mol. The van der Waals surface area contributed by atoms with Gasteiger partial charge in [-0.3, -0.25) is 9.47 Å². The van der Waals surface area contributed by atoms with Gasteiger partial charge in [-0.15, -0.1) is 0 Å². The second kappa shape index (κ2) is 13.0. The lowest BCUT2D eigenvalue weighted by Gasteiger charge is -2.24. The van der Waals surface area contributed by atoms with Gasteiger partial charge in [0.1, 0.15) is 0 Å². The molecule has 0 N–H and O–H groups in total. The van der Waals surface area contributed by atoms with E-state index in [2.05, 4.69) is 143 Å². The highest BCUT2D eigenvalue weighted by molar-refractivity contribution is 6.05. The minimum Gasteiger partial charge on any atom is -0.280 e. The Hall–Kier alpha value is -7.70. The number of anilines is 3. The van der Waals surface area contributed by atoms with Gasteiger partial charge in [0.15, 0.2) is 17.5 Å². The molecule has 0 aliphatic carbocycles. The van der Waals surface area contributed by atoms with Gasteiger partial charge in [-0.1, -0.05) is 164 Å². The zero-order valence-corrected chi connectivity index (χ0v) is 30.2. The van der Waals surface area contributed by atoms with Crippen molar-refractivity contribution in [3.63, 3.8) is 0 Å². The predicted octanol–water partition coefficient (Wildman–Crippen LogP) is 12.5. The lowest BCUT2D eigenvalue weighted by molar-refractivity contribution is 1.06. The molecule has 8 aromatic carbocycles. The lowest BCUT2D eigenvalue weighted by Crippen LogP contribution is -2.14. The Morgan fingerprint density at radius 2 is 0.893 bits per heavy atom. The summed E-state index contributed by atoms with van der Waals surface area (Å²) in [5, 5.41) is 2.38. The number of nitrogens with zero attached hydrogens (tertiary/aromatic N) is 6. The Labute approximate surface area is 323 Å². The van der Waals surface area contributed by atoms with Gasteiger partial charge < -0.3 is 0 Å². The molecule has 0 spiro atoms. The van der Waals surface area contributed by atoms with Crippen LogP contribution in [0.4, 0.5) is 17.3 Å². The van der Waals surface area contributed by atoms with Gasteiger partial charge in [0, 0.05) is 38.9 Å². The normalized spacial score (nSPS) is 11.9. The summed E-state index contributed by atoms with van der Waals surface area (Å²) in [5.74, 6) is 2.78. The number of benzene rings is 8. The van der Waals surface area contributed by atoms with Gasteiger partial charge in [-0.05, 0) is 46.8 Å². The Morgan fingerprint density at radius 1 is 0.357 bits per heavy atom. The van der Waals surface area contributed by atoms with Crippen LogP contribution in [0, 0.1) is 0 Å².